The maximum atomic E-state index is 12.3. The number of aryl methyl sites for hydroxylation is 2. The smallest absolute Gasteiger partial charge is 0.344 e. The Labute approximate surface area is 164 Å². The number of hydrogen-bond acceptors (Lipinski definition) is 4. The molecule has 2 aromatic carbocycles. The summed E-state index contributed by atoms with van der Waals surface area (Å²) in [6.07, 6.45) is 4.83. The summed E-state index contributed by atoms with van der Waals surface area (Å²) in [6, 6.07) is 11.3. The molecule has 0 bridgehead atoms. The van der Waals surface area contributed by atoms with Gasteiger partial charge in [0, 0.05) is 10.5 Å². The third kappa shape index (κ3) is 5.47. The number of allylic oxidation sites excluding steroid dienone is 1. The van der Waals surface area contributed by atoms with Crippen LogP contribution in [-0.4, -0.2) is 29.2 Å². The number of hydrogen-bond donors (Lipinski definition) is 1. The van der Waals surface area contributed by atoms with Gasteiger partial charge in [-0.2, -0.15) is 0 Å². The zero-order valence-electron chi connectivity index (χ0n) is 16.0. The number of carboxylic acid groups (broad SMARTS) is 1. The van der Waals surface area contributed by atoms with E-state index in [2.05, 4.69) is 0 Å². The van der Waals surface area contributed by atoms with E-state index in [0.29, 0.717) is 17.7 Å². The van der Waals surface area contributed by atoms with Crippen LogP contribution in [-0.2, 0) is 4.79 Å². The van der Waals surface area contributed by atoms with Gasteiger partial charge in [0.25, 0.3) is 0 Å². The summed E-state index contributed by atoms with van der Waals surface area (Å²) in [6.45, 7) is 5.52. The van der Waals surface area contributed by atoms with Gasteiger partial charge in [0.2, 0.25) is 0 Å². The number of carboxylic acids is 1. The molecule has 2 rings (SSSR count). The normalized spacial score (nSPS) is 12.1. The Balaban J connectivity index is 2.18. The summed E-state index contributed by atoms with van der Waals surface area (Å²) >= 11 is 1.63. The first-order valence-electron chi connectivity index (χ1n) is 8.72. The summed E-state index contributed by atoms with van der Waals surface area (Å²) in [7, 11) is 0. The molecule has 0 fully saturated rings. The van der Waals surface area contributed by atoms with Crippen LogP contribution in [0.2, 0.25) is 0 Å². The van der Waals surface area contributed by atoms with Gasteiger partial charge in [0.15, 0.2) is 11.9 Å². The van der Waals surface area contributed by atoms with Crippen molar-refractivity contribution in [3.63, 3.8) is 0 Å². The number of carbonyl (C=O) groups excluding carboxylic acids is 1. The van der Waals surface area contributed by atoms with Crippen LogP contribution in [0, 0.1) is 13.8 Å². The van der Waals surface area contributed by atoms with E-state index < -0.39 is 12.1 Å². The van der Waals surface area contributed by atoms with Crippen LogP contribution in [0.15, 0.2) is 47.4 Å². The van der Waals surface area contributed by atoms with E-state index in [4.69, 9.17) is 4.74 Å². The van der Waals surface area contributed by atoms with Gasteiger partial charge in [-0.3, -0.25) is 4.79 Å². The molecule has 0 saturated heterocycles. The highest BCUT2D eigenvalue weighted by Gasteiger charge is 2.19. The summed E-state index contributed by atoms with van der Waals surface area (Å²) < 4.78 is 5.67. The van der Waals surface area contributed by atoms with E-state index in [-0.39, 0.29) is 5.78 Å². The molecule has 1 atom stereocenters. The molecule has 27 heavy (non-hydrogen) atoms. The van der Waals surface area contributed by atoms with E-state index in [9.17, 15) is 14.7 Å². The monoisotopic (exact) mass is 384 g/mol. The first-order chi connectivity index (χ1) is 12.8. The molecule has 142 valence electrons. The quantitative estimate of drug-likeness (QED) is 0.387. The highest BCUT2D eigenvalue weighted by molar-refractivity contribution is 7.98. The molecular weight excluding hydrogens is 360 g/mol. The molecule has 0 radical (unpaired) electrons. The zero-order chi connectivity index (χ0) is 20.0. The highest BCUT2D eigenvalue weighted by Crippen LogP contribution is 2.27. The van der Waals surface area contributed by atoms with E-state index in [0.717, 1.165) is 21.6 Å². The molecule has 1 unspecified atom stereocenters. The largest absolute Gasteiger partial charge is 0.479 e. The van der Waals surface area contributed by atoms with Gasteiger partial charge < -0.3 is 9.84 Å². The number of ether oxygens (including phenoxy) is 1. The zero-order valence-corrected chi connectivity index (χ0v) is 16.8. The molecule has 2 aromatic rings. The molecular formula is C22H24O4S. The second-order valence-corrected chi connectivity index (χ2v) is 7.14. The van der Waals surface area contributed by atoms with Gasteiger partial charge in [-0.1, -0.05) is 13.0 Å². The lowest BCUT2D eigenvalue weighted by Crippen LogP contribution is -2.26. The minimum atomic E-state index is -0.974. The molecule has 5 heteroatoms. The van der Waals surface area contributed by atoms with Crippen LogP contribution < -0.4 is 4.74 Å². The Kier molecular flexibility index (Phi) is 7.25. The van der Waals surface area contributed by atoms with E-state index in [1.165, 1.54) is 0 Å². The van der Waals surface area contributed by atoms with Crippen molar-refractivity contribution < 1.29 is 19.4 Å². The fraction of sp³-hybridized carbons (Fsp3) is 0.273. The molecule has 0 aliphatic heterocycles. The van der Waals surface area contributed by atoms with Crippen molar-refractivity contribution >= 4 is 29.6 Å². The van der Waals surface area contributed by atoms with Crippen molar-refractivity contribution in [3.8, 4) is 5.75 Å². The predicted octanol–water partition coefficient (Wildman–Crippen LogP) is 5.16. The Morgan fingerprint density at radius 3 is 2.22 bits per heavy atom. The SMILES string of the molecule is CCC(Oc1c(C)cc(C=CC(=O)c2ccc(SC)cc2)cc1C)C(=O)O. The minimum absolute atomic E-state index is 0.0600. The lowest BCUT2D eigenvalue weighted by atomic mass is 10.0. The molecule has 0 aliphatic carbocycles. The van der Waals surface area contributed by atoms with Crippen molar-refractivity contribution in [2.24, 2.45) is 0 Å². The van der Waals surface area contributed by atoms with Crippen LogP contribution >= 0.6 is 11.8 Å². The third-order valence-electron chi connectivity index (χ3n) is 4.19. The Bertz CT molecular complexity index is 830. The summed E-state index contributed by atoms with van der Waals surface area (Å²) in [4.78, 5) is 24.6. The molecule has 0 spiro atoms. The number of aliphatic carboxylic acids is 1. The van der Waals surface area contributed by atoms with Gasteiger partial charge in [-0.15, -0.1) is 11.8 Å². The van der Waals surface area contributed by atoms with Crippen molar-refractivity contribution in [2.45, 2.75) is 38.2 Å². The van der Waals surface area contributed by atoms with E-state index >= 15 is 0 Å². The topological polar surface area (TPSA) is 63.6 Å². The van der Waals surface area contributed by atoms with Crippen LogP contribution in [0.5, 0.6) is 5.75 Å². The van der Waals surface area contributed by atoms with Crippen molar-refractivity contribution in [3.05, 3.63) is 64.7 Å². The lowest BCUT2D eigenvalue weighted by Gasteiger charge is -2.17. The molecule has 4 nitrogen and oxygen atoms in total. The van der Waals surface area contributed by atoms with Gasteiger partial charge >= 0.3 is 5.97 Å². The average Bonchev–Trinajstić information content (AvgIpc) is 2.65. The molecule has 0 aliphatic rings. The van der Waals surface area contributed by atoms with Gasteiger partial charge in [-0.05, 0) is 85.7 Å². The van der Waals surface area contributed by atoms with E-state index in [1.54, 1.807) is 30.8 Å². The minimum Gasteiger partial charge on any atom is -0.479 e. The number of rotatable bonds is 8. The average molecular weight is 384 g/mol. The van der Waals surface area contributed by atoms with Crippen molar-refractivity contribution in [2.75, 3.05) is 6.26 Å². The second-order valence-electron chi connectivity index (χ2n) is 6.26. The van der Waals surface area contributed by atoms with Crippen LogP contribution in [0.25, 0.3) is 6.08 Å². The van der Waals surface area contributed by atoms with Crippen LogP contribution in [0.1, 0.15) is 40.4 Å². The number of benzene rings is 2. The van der Waals surface area contributed by atoms with E-state index in [1.807, 2.05) is 56.5 Å². The van der Waals surface area contributed by atoms with Crippen molar-refractivity contribution in [1.82, 2.24) is 0 Å². The maximum Gasteiger partial charge on any atom is 0.344 e. The first-order valence-corrected chi connectivity index (χ1v) is 9.95. The fourth-order valence-electron chi connectivity index (χ4n) is 2.74. The molecule has 0 amide bonds. The lowest BCUT2D eigenvalue weighted by molar-refractivity contribution is -0.145. The summed E-state index contributed by atoms with van der Waals surface area (Å²) in [5.74, 6) is -0.450. The highest BCUT2D eigenvalue weighted by atomic mass is 32.2. The molecule has 1 N–H and O–H groups in total. The molecule has 0 saturated carbocycles. The Morgan fingerprint density at radius 1 is 1.15 bits per heavy atom. The van der Waals surface area contributed by atoms with Crippen molar-refractivity contribution in [1.29, 1.82) is 0 Å². The third-order valence-corrected chi connectivity index (χ3v) is 4.93. The molecule has 0 aromatic heterocycles. The van der Waals surface area contributed by atoms with Gasteiger partial charge in [0.1, 0.15) is 5.75 Å². The first kappa shape index (κ1) is 20.8. The summed E-state index contributed by atoms with van der Waals surface area (Å²) in [5.41, 5.74) is 3.19. The van der Waals surface area contributed by atoms with Crippen LogP contribution in [0.4, 0.5) is 0 Å². The molecule has 0 heterocycles. The summed E-state index contributed by atoms with van der Waals surface area (Å²) in [5, 5.41) is 9.18. The second kappa shape index (κ2) is 9.42. The van der Waals surface area contributed by atoms with Gasteiger partial charge in [0.05, 0.1) is 0 Å². The Morgan fingerprint density at radius 2 is 1.74 bits per heavy atom. The van der Waals surface area contributed by atoms with Crippen LogP contribution in [0.3, 0.4) is 0 Å². The Hall–Kier alpha value is -2.53. The number of ketones is 1. The standard InChI is InChI=1S/C22H24O4S/c1-5-20(22(24)25)26-21-14(2)12-16(13-15(21)3)6-11-19(23)17-7-9-18(27-4)10-8-17/h6-13,20H,5H2,1-4H3,(H,24,25). The maximum absolute atomic E-state index is 12.3. The number of carbonyl (C=O) groups is 2. The number of thioether (sulfide) groups is 1. The fourth-order valence-corrected chi connectivity index (χ4v) is 3.15. The van der Waals surface area contributed by atoms with Gasteiger partial charge in [-0.25, -0.2) is 4.79 Å². The predicted molar refractivity (Wildman–Crippen MR) is 110 cm³/mol.